The van der Waals surface area contributed by atoms with E-state index in [9.17, 15) is 0 Å². The van der Waals surface area contributed by atoms with E-state index in [1.165, 1.54) is 16.0 Å². The molecule has 1 aromatic heterocycles. The SMILES string of the molecule is CN=C(NCc1scnc1C)N1CC=C(c2ccccc2)CC1. The van der Waals surface area contributed by atoms with Crippen molar-refractivity contribution in [3.05, 3.63) is 58.1 Å². The van der Waals surface area contributed by atoms with Crippen LogP contribution in [0.4, 0.5) is 0 Å². The molecule has 5 heteroatoms. The lowest BCUT2D eigenvalue weighted by atomic mass is 10.00. The van der Waals surface area contributed by atoms with Crippen LogP contribution in [0.2, 0.25) is 0 Å². The zero-order chi connectivity index (χ0) is 16.1. The maximum Gasteiger partial charge on any atom is 0.194 e. The molecule has 0 atom stereocenters. The van der Waals surface area contributed by atoms with Gasteiger partial charge in [-0.1, -0.05) is 36.4 Å². The van der Waals surface area contributed by atoms with Gasteiger partial charge in [0, 0.05) is 25.0 Å². The van der Waals surface area contributed by atoms with E-state index in [1.54, 1.807) is 11.3 Å². The Labute approximate surface area is 141 Å². The third-order valence-corrected chi connectivity index (χ3v) is 5.05. The first-order valence-corrected chi connectivity index (χ1v) is 8.75. The van der Waals surface area contributed by atoms with Crippen molar-refractivity contribution in [3.63, 3.8) is 0 Å². The Morgan fingerprint density at radius 3 is 2.78 bits per heavy atom. The number of hydrogen-bond donors (Lipinski definition) is 1. The summed E-state index contributed by atoms with van der Waals surface area (Å²) in [5.41, 5.74) is 5.75. The molecule has 1 aliphatic rings. The minimum absolute atomic E-state index is 0.787. The van der Waals surface area contributed by atoms with Gasteiger partial charge < -0.3 is 10.2 Å². The summed E-state index contributed by atoms with van der Waals surface area (Å²) in [6.45, 7) is 4.72. The third kappa shape index (κ3) is 3.79. The van der Waals surface area contributed by atoms with Gasteiger partial charge in [-0.3, -0.25) is 4.99 Å². The topological polar surface area (TPSA) is 40.5 Å². The number of rotatable bonds is 3. The third-order valence-electron chi connectivity index (χ3n) is 4.12. The fraction of sp³-hybridized carbons (Fsp3) is 0.333. The molecule has 1 aromatic carbocycles. The summed E-state index contributed by atoms with van der Waals surface area (Å²) in [5.74, 6) is 0.959. The Morgan fingerprint density at radius 2 is 2.17 bits per heavy atom. The first-order valence-electron chi connectivity index (χ1n) is 7.87. The van der Waals surface area contributed by atoms with Gasteiger partial charge in [-0.05, 0) is 24.5 Å². The van der Waals surface area contributed by atoms with Gasteiger partial charge in [0.05, 0.1) is 17.7 Å². The van der Waals surface area contributed by atoms with Crippen LogP contribution in [0.3, 0.4) is 0 Å². The Morgan fingerprint density at radius 1 is 1.35 bits per heavy atom. The highest BCUT2D eigenvalue weighted by Crippen LogP contribution is 2.22. The highest BCUT2D eigenvalue weighted by Gasteiger charge is 2.16. The van der Waals surface area contributed by atoms with Gasteiger partial charge in [0.2, 0.25) is 0 Å². The maximum absolute atomic E-state index is 4.43. The minimum atomic E-state index is 0.787. The second-order valence-corrected chi connectivity index (χ2v) is 6.49. The number of guanidine groups is 1. The molecule has 23 heavy (non-hydrogen) atoms. The molecule has 120 valence electrons. The average Bonchev–Trinajstić information content (AvgIpc) is 3.02. The number of benzene rings is 1. The Kier molecular flexibility index (Phi) is 5.08. The minimum Gasteiger partial charge on any atom is -0.351 e. The second kappa shape index (κ2) is 7.42. The van der Waals surface area contributed by atoms with E-state index in [2.05, 4.69) is 56.6 Å². The number of nitrogens with one attached hydrogen (secondary N) is 1. The van der Waals surface area contributed by atoms with Crippen LogP contribution in [-0.4, -0.2) is 36.0 Å². The molecule has 4 nitrogen and oxygen atoms in total. The Balaban J connectivity index is 1.61. The number of aromatic nitrogens is 1. The van der Waals surface area contributed by atoms with Crippen molar-refractivity contribution in [2.45, 2.75) is 19.9 Å². The van der Waals surface area contributed by atoms with E-state index in [1.807, 2.05) is 19.5 Å². The van der Waals surface area contributed by atoms with Gasteiger partial charge in [0.25, 0.3) is 0 Å². The molecular formula is C18H22N4S. The van der Waals surface area contributed by atoms with Gasteiger partial charge in [-0.25, -0.2) is 4.98 Å². The molecule has 0 amide bonds. The molecule has 1 aliphatic heterocycles. The Hall–Kier alpha value is -2.14. The van der Waals surface area contributed by atoms with Crippen molar-refractivity contribution in [3.8, 4) is 0 Å². The fourth-order valence-corrected chi connectivity index (χ4v) is 3.48. The van der Waals surface area contributed by atoms with Crippen molar-refractivity contribution < 1.29 is 0 Å². The van der Waals surface area contributed by atoms with Crippen LogP contribution < -0.4 is 5.32 Å². The van der Waals surface area contributed by atoms with Gasteiger partial charge in [0.15, 0.2) is 5.96 Å². The lowest BCUT2D eigenvalue weighted by Gasteiger charge is -2.29. The molecule has 0 unspecified atom stereocenters. The van der Waals surface area contributed by atoms with Gasteiger partial charge in [-0.2, -0.15) is 0 Å². The largest absolute Gasteiger partial charge is 0.351 e. The molecule has 1 N–H and O–H groups in total. The van der Waals surface area contributed by atoms with Crippen molar-refractivity contribution in [2.24, 2.45) is 4.99 Å². The smallest absolute Gasteiger partial charge is 0.194 e. The fourth-order valence-electron chi connectivity index (χ4n) is 2.76. The number of nitrogens with zero attached hydrogens (tertiary/aromatic N) is 3. The molecule has 0 saturated carbocycles. The number of hydrogen-bond acceptors (Lipinski definition) is 3. The summed E-state index contributed by atoms with van der Waals surface area (Å²) in [6, 6.07) is 10.6. The van der Waals surface area contributed by atoms with Crippen molar-refractivity contribution in [2.75, 3.05) is 20.1 Å². The lowest BCUT2D eigenvalue weighted by molar-refractivity contribution is 0.440. The normalized spacial score (nSPS) is 15.5. The summed E-state index contributed by atoms with van der Waals surface area (Å²) in [5, 5.41) is 3.45. The number of aryl methyl sites for hydroxylation is 1. The molecule has 0 fully saturated rings. The average molecular weight is 326 g/mol. The summed E-state index contributed by atoms with van der Waals surface area (Å²) in [7, 11) is 1.85. The van der Waals surface area contributed by atoms with Crippen LogP contribution >= 0.6 is 11.3 Å². The summed E-state index contributed by atoms with van der Waals surface area (Å²) in [4.78, 5) is 12.3. The predicted molar refractivity (Wildman–Crippen MR) is 97.7 cm³/mol. The van der Waals surface area contributed by atoms with Crippen LogP contribution in [0.5, 0.6) is 0 Å². The van der Waals surface area contributed by atoms with Gasteiger partial charge >= 0.3 is 0 Å². The molecule has 3 rings (SSSR count). The molecule has 0 aliphatic carbocycles. The molecule has 0 radical (unpaired) electrons. The van der Waals surface area contributed by atoms with E-state index in [-0.39, 0.29) is 0 Å². The maximum atomic E-state index is 4.43. The molecule has 2 aromatic rings. The first kappa shape index (κ1) is 15.7. The van der Waals surface area contributed by atoms with Crippen LogP contribution in [0.1, 0.15) is 22.6 Å². The van der Waals surface area contributed by atoms with Crippen LogP contribution in [0.25, 0.3) is 5.57 Å². The zero-order valence-electron chi connectivity index (χ0n) is 13.6. The standard InChI is InChI=1S/C18H22N4S/c1-14-17(23-13-21-14)12-20-18(19-2)22-10-8-16(9-11-22)15-6-4-3-5-7-15/h3-8,13H,9-12H2,1-2H3,(H,19,20). The van der Waals surface area contributed by atoms with Gasteiger partial charge in [-0.15, -0.1) is 11.3 Å². The molecular weight excluding hydrogens is 304 g/mol. The van der Waals surface area contributed by atoms with E-state index >= 15 is 0 Å². The van der Waals surface area contributed by atoms with Crippen molar-refractivity contribution in [1.29, 1.82) is 0 Å². The first-order chi connectivity index (χ1) is 11.3. The Bertz CT molecular complexity index is 703. The highest BCUT2D eigenvalue weighted by molar-refractivity contribution is 7.09. The van der Waals surface area contributed by atoms with Crippen LogP contribution in [-0.2, 0) is 6.54 Å². The quantitative estimate of drug-likeness (QED) is 0.695. The zero-order valence-corrected chi connectivity index (χ0v) is 14.4. The lowest BCUT2D eigenvalue weighted by Crippen LogP contribution is -2.43. The van der Waals surface area contributed by atoms with Crippen molar-refractivity contribution >= 4 is 22.9 Å². The van der Waals surface area contributed by atoms with Gasteiger partial charge in [0.1, 0.15) is 0 Å². The summed E-state index contributed by atoms with van der Waals surface area (Å²) in [6.07, 6.45) is 3.36. The van der Waals surface area contributed by atoms with E-state index in [4.69, 9.17) is 0 Å². The van der Waals surface area contributed by atoms with Crippen molar-refractivity contribution in [1.82, 2.24) is 15.2 Å². The van der Waals surface area contributed by atoms with Crippen LogP contribution in [0, 0.1) is 6.92 Å². The molecule has 2 heterocycles. The van der Waals surface area contributed by atoms with E-state index in [0.29, 0.717) is 0 Å². The summed E-state index contributed by atoms with van der Waals surface area (Å²) >= 11 is 1.69. The summed E-state index contributed by atoms with van der Waals surface area (Å²) < 4.78 is 0. The molecule has 0 bridgehead atoms. The molecule has 0 spiro atoms. The monoisotopic (exact) mass is 326 g/mol. The highest BCUT2D eigenvalue weighted by atomic mass is 32.1. The molecule has 0 saturated heterocycles. The van der Waals surface area contributed by atoms with E-state index < -0.39 is 0 Å². The van der Waals surface area contributed by atoms with E-state index in [0.717, 1.165) is 37.7 Å². The second-order valence-electron chi connectivity index (χ2n) is 5.55. The number of thiazole rings is 1. The number of aliphatic imine (C=N–C) groups is 1. The predicted octanol–water partition coefficient (Wildman–Crippen LogP) is 3.32. The van der Waals surface area contributed by atoms with Crippen LogP contribution in [0.15, 0.2) is 46.9 Å².